The number of benzene rings is 1. The summed E-state index contributed by atoms with van der Waals surface area (Å²) < 4.78 is 23.3. The number of nitro benzene ring substituents is 1. The van der Waals surface area contributed by atoms with Crippen LogP contribution in [0.15, 0.2) is 12.1 Å². The Labute approximate surface area is 126 Å². The number of nitrogens with one attached hydrogen (secondary N) is 1. The van der Waals surface area contributed by atoms with E-state index in [4.69, 9.17) is 0 Å². The van der Waals surface area contributed by atoms with Gasteiger partial charge in [-0.1, -0.05) is 0 Å². The molecule has 0 saturated heterocycles. The summed E-state index contributed by atoms with van der Waals surface area (Å²) in [6.45, 7) is 3.50. The van der Waals surface area contributed by atoms with Gasteiger partial charge in [0, 0.05) is 18.4 Å². The summed E-state index contributed by atoms with van der Waals surface area (Å²) in [6, 6.07) is 2.63. The van der Waals surface area contributed by atoms with Crippen LogP contribution in [0, 0.1) is 17.0 Å². The molecule has 114 valence electrons. The Morgan fingerprint density at radius 2 is 2.14 bits per heavy atom. The number of rotatable bonds is 5. The van der Waals surface area contributed by atoms with Gasteiger partial charge in [-0.15, -0.1) is 11.3 Å². The van der Waals surface area contributed by atoms with Gasteiger partial charge in [0.15, 0.2) is 0 Å². The molecule has 0 amide bonds. The van der Waals surface area contributed by atoms with Crippen molar-refractivity contribution in [3.8, 4) is 0 Å². The van der Waals surface area contributed by atoms with Crippen LogP contribution in [0.4, 0.5) is 11.4 Å². The van der Waals surface area contributed by atoms with Gasteiger partial charge < -0.3 is 5.32 Å². The summed E-state index contributed by atoms with van der Waals surface area (Å²) in [6.07, 6.45) is 1.13. The van der Waals surface area contributed by atoms with E-state index in [0.29, 0.717) is 5.52 Å². The smallest absolute Gasteiger partial charge is 0.293 e. The molecular weight excluding hydrogens is 314 g/mol. The number of aromatic nitrogens is 1. The minimum atomic E-state index is -3.16. The molecule has 2 aromatic rings. The molecule has 0 bridgehead atoms. The molecule has 1 aromatic heterocycles. The lowest BCUT2D eigenvalue weighted by atomic mass is 10.2. The number of hydrogen-bond donors (Lipinski definition) is 1. The quantitative estimate of drug-likeness (QED) is 0.667. The highest BCUT2D eigenvalue weighted by Gasteiger charge is 2.20. The molecular formula is C12H15N3O4S2. The van der Waals surface area contributed by atoms with E-state index in [1.807, 2.05) is 6.92 Å². The van der Waals surface area contributed by atoms with Crippen molar-refractivity contribution < 1.29 is 13.3 Å². The molecule has 0 aliphatic rings. The van der Waals surface area contributed by atoms with Crippen LogP contribution in [-0.2, 0) is 9.84 Å². The minimum absolute atomic E-state index is 0.0773. The summed E-state index contributed by atoms with van der Waals surface area (Å²) in [4.78, 5) is 15.0. The van der Waals surface area contributed by atoms with Gasteiger partial charge in [-0.2, -0.15) is 0 Å². The molecule has 0 aliphatic heterocycles. The lowest BCUT2D eigenvalue weighted by molar-refractivity contribution is -0.383. The lowest BCUT2D eigenvalue weighted by Crippen LogP contribution is -2.25. The molecule has 2 rings (SSSR count). The number of fused-ring (bicyclic) bond motifs is 1. The van der Waals surface area contributed by atoms with Crippen LogP contribution >= 0.6 is 11.3 Å². The minimum Gasteiger partial charge on any atom is -0.376 e. The summed E-state index contributed by atoms with van der Waals surface area (Å²) >= 11 is 1.38. The van der Waals surface area contributed by atoms with Gasteiger partial charge >= 0.3 is 0 Å². The van der Waals surface area contributed by atoms with Gasteiger partial charge in [-0.25, -0.2) is 13.4 Å². The molecule has 1 atom stereocenters. The van der Waals surface area contributed by atoms with Crippen molar-refractivity contribution >= 4 is 42.8 Å². The first-order valence-corrected chi connectivity index (χ1v) is 9.03. The highest BCUT2D eigenvalue weighted by molar-refractivity contribution is 7.90. The standard InChI is InChI=1S/C12H15N3O4S2/c1-7(6-21(3,18)19)13-9-4-10-12(20-8(2)14-10)5-11(9)15(16)17/h4-5,7,13H,6H2,1-3H3. The van der Waals surface area contributed by atoms with Crippen LogP contribution in [0.3, 0.4) is 0 Å². The predicted molar refractivity (Wildman–Crippen MR) is 83.8 cm³/mol. The SMILES string of the molecule is Cc1nc2cc(NC(C)CS(C)(=O)=O)c([N+](=O)[O-])cc2s1. The lowest BCUT2D eigenvalue weighted by Gasteiger charge is -2.14. The van der Waals surface area contributed by atoms with Gasteiger partial charge in [0.05, 0.1) is 25.9 Å². The number of thiazole rings is 1. The third-order valence-corrected chi connectivity index (χ3v) is 4.80. The molecule has 9 heteroatoms. The maximum Gasteiger partial charge on any atom is 0.293 e. The molecule has 0 fully saturated rings. The van der Waals surface area contributed by atoms with Crippen molar-refractivity contribution in [2.24, 2.45) is 0 Å². The fourth-order valence-corrected chi connectivity index (χ4v) is 3.94. The van der Waals surface area contributed by atoms with Crippen molar-refractivity contribution in [1.29, 1.82) is 0 Å². The third-order valence-electron chi connectivity index (χ3n) is 2.76. The Kier molecular flexibility index (Phi) is 4.15. The number of nitrogens with zero attached hydrogens (tertiary/aromatic N) is 2. The van der Waals surface area contributed by atoms with E-state index < -0.39 is 20.8 Å². The molecule has 0 spiro atoms. The number of nitro groups is 1. The second-order valence-corrected chi connectivity index (χ2v) is 8.38. The maximum atomic E-state index is 11.3. The van der Waals surface area contributed by atoms with Crippen LogP contribution in [0.5, 0.6) is 0 Å². The number of aryl methyl sites for hydroxylation is 1. The average molecular weight is 329 g/mol. The number of anilines is 1. The number of hydrogen-bond acceptors (Lipinski definition) is 7. The molecule has 21 heavy (non-hydrogen) atoms. The third kappa shape index (κ3) is 3.88. The van der Waals surface area contributed by atoms with E-state index in [0.717, 1.165) is 16.0 Å². The van der Waals surface area contributed by atoms with Crippen LogP contribution in [0.1, 0.15) is 11.9 Å². The molecule has 0 radical (unpaired) electrons. The first-order chi connectivity index (χ1) is 9.65. The monoisotopic (exact) mass is 329 g/mol. The normalized spacial score (nSPS) is 13.3. The van der Waals surface area contributed by atoms with Crippen molar-refractivity contribution in [3.05, 3.63) is 27.3 Å². The summed E-state index contributed by atoms with van der Waals surface area (Å²) in [5.74, 6) is -0.0989. The molecule has 1 aromatic carbocycles. The van der Waals surface area contributed by atoms with Crippen LogP contribution in [-0.4, -0.2) is 36.4 Å². The van der Waals surface area contributed by atoms with Crippen LogP contribution in [0.25, 0.3) is 10.2 Å². The summed E-state index contributed by atoms with van der Waals surface area (Å²) in [5.41, 5.74) is 0.873. The predicted octanol–water partition coefficient (Wildman–Crippen LogP) is 2.36. The molecule has 7 nitrogen and oxygen atoms in total. The Hall–Kier alpha value is -1.74. The molecule has 1 unspecified atom stereocenters. The first-order valence-electron chi connectivity index (χ1n) is 6.15. The zero-order valence-electron chi connectivity index (χ0n) is 11.8. The van der Waals surface area contributed by atoms with Gasteiger partial charge in [-0.3, -0.25) is 10.1 Å². The molecule has 0 saturated carbocycles. The Morgan fingerprint density at radius 1 is 1.48 bits per heavy atom. The van der Waals surface area contributed by atoms with Crippen molar-refractivity contribution in [3.63, 3.8) is 0 Å². The second kappa shape index (κ2) is 5.57. The number of sulfone groups is 1. The van der Waals surface area contributed by atoms with Gasteiger partial charge in [-0.05, 0) is 19.9 Å². The van der Waals surface area contributed by atoms with E-state index in [9.17, 15) is 18.5 Å². The highest BCUT2D eigenvalue weighted by atomic mass is 32.2. The second-order valence-electron chi connectivity index (χ2n) is 4.96. The molecule has 0 aliphatic carbocycles. The Bertz CT molecular complexity index is 798. The highest BCUT2D eigenvalue weighted by Crippen LogP contribution is 2.33. The van der Waals surface area contributed by atoms with E-state index in [1.165, 1.54) is 17.4 Å². The van der Waals surface area contributed by atoms with E-state index in [1.54, 1.807) is 13.0 Å². The maximum absolute atomic E-state index is 11.3. The fourth-order valence-electron chi connectivity index (χ4n) is 2.11. The Morgan fingerprint density at radius 3 is 2.71 bits per heavy atom. The first kappa shape index (κ1) is 15.6. The van der Waals surface area contributed by atoms with E-state index in [-0.39, 0.29) is 17.1 Å². The largest absolute Gasteiger partial charge is 0.376 e. The molecule has 1 N–H and O–H groups in total. The van der Waals surface area contributed by atoms with E-state index >= 15 is 0 Å². The van der Waals surface area contributed by atoms with Crippen molar-refractivity contribution in [2.75, 3.05) is 17.3 Å². The van der Waals surface area contributed by atoms with Gasteiger partial charge in [0.2, 0.25) is 0 Å². The fraction of sp³-hybridized carbons (Fsp3) is 0.417. The zero-order valence-corrected chi connectivity index (χ0v) is 13.4. The topological polar surface area (TPSA) is 102 Å². The van der Waals surface area contributed by atoms with Crippen molar-refractivity contribution in [1.82, 2.24) is 4.98 Å². The summed E-state index contributed by atoms with van der Waals surface area (Å²) in [5, 5.41) is 14.9. The Balaban J connectivity index is 2.41. The van der Waals surface area contributed by atoms with Crippen LogP contribution in [0.2, 0.25) is 0 Å². The van der Waals surface area contributed by atoms with Crippen LogP contribution < -0.4 is 5.32 Å². The zero-order chi connectivity index (χ0) is 15.8. The molecule has 1 heterocycles. The van der Waals surface area contributed by atoms with Crippen molar-refractivity contribution in [2.45, 2.75) is 19.9 Å². The summed E-state index contributed by atoms with van der Waals surface area (Å²) in [7, 11) is -3.16. The van der Waals surface area contributed by atoms with E-state index in [2.05, 4.69) is 10.3 Å². The van der Waals surface area contributed by atoms with Gasteiger partial charge in [0.1, 0.15) is 15.5 Å². The average Bonchev–Trinajstić information content (AvgIpc) is 2.64. The van der Waals surface area contributed by atoms with Gasteiger partial charge in [0.25, 0.3) is 5.69 Å².